The van der Waals surface area contributed by atoms with E-state index in [1.54, 1.807) is 0 Å². The molecule has 0 radical (unpaired) electrons. The van der Waals surface area contributed by atoms with Crippen molar-refractivity contribution in [1.29, 1.82) is 0 Å². The summed E-state index contributed by atoms with van der Waals surface area (Å²) in [4.78, 5) is 28.3. The minimum absolute atomic E-state index is 0.0146. The number of rotatable bonds is 10. The van der Waals surface area contributed by atoms with E-state index in [1.807, 2.05) is 0 Å². The first-order valence-electron chi connectivity index (χ1n) is 17.4. The van der Waals surface area contributed by atoms with Crippen LogP contribution >= 0.6 is 0 Å². The minimum Gasteiger partial charge on any atom is -0.463 e. The molecule has 1 saturated heterocycles. The summed E-state index contributed by atoms with van der Waals surface area (Å²) >= 11 is 0. The summed E-state index contributed by atoms with van der Waals surface area (Å²) in [5, 5.41) is 0. The van der Waals surface area contributed by atoms with E-state index in [-0.39, 0.29) is 35.3 Å². The van der Waals surface area contributed by atoms with Crippen LogP contribution in [0.25, 0.3) is 0 Å². The summed E-state index contributed by atoms with van der Waals surface area (Å²) in [6.45, 7) is -0.977. The van der Waals surface area contributed by atoms with Crippen molar-refractivity contribution in [1.82, 2.24) is 0 Å². The second-order valence-electron chi connectivity index (χ2n) is 14.3. The summed E-state index contributed by atoms with van der Waals surface area (Å²) in [6, 6.07) is 32.2. The third kappa shape index (κ3) is 8.70. The van der Waals surface area contributed by atoms with E-state index in [0.717, 1.165) is 0 Å². The Labute approximate surface area is 305 Å². The van der Waals surface area contributed by atoms with E-state index in [4.69, 9.17) is 14.2 Å². The van der Waals surface area contributed by atoms with E-state index in [2.05, 4.69) is 95.7 Å². The second-order valence-corrected chi connectivity index (χ2v) is 16.4. The number of halogens is 7. The van der Waals surface area contributed by atoms with E-state index in [9.17, 15) is 40.3 Å². The molecule has 1 spiro atoms. The van der Waals surface area contributed by atoms with E-state index < -0.39 is 66.9 Å². The van der Waals surface area contributed by atoms with Crippen LogP contribution in [-0.2, 0) is 39.4 Å². The smallest absolute Gasteiger partial charge is 0.453 e. The first-order chi connectivity index (χ1) is 25.0. The predicted octanol–water partition coefficient (Wildman–Crippen LogP) is 9.04. The maximum atomic E-state index is 13.2. The van der Waals surface area contributed by atoms with Crippen molar-refractivity contribution >= 4 is 22.8 Å². The Morgan fingerprint density at radius 2 is 1.25 bits per heavy atom. The van der Waals surface area contributed by atoms with Crippen LogP contribution in [0.3, 0.4) is 0 Å². The molecule has 1 aliphatic heterocycles. The van der Waals surface area contributed by atoms with Crippen molar-refractivity contribution in [2.24, 2.45) is 23.2 Å². The van der Waals surface area contributed by atoms with Crippen molar-refractivity contribution in [2.45, 2.75) is 90.0 Å². The molecule has 0 N–H and O–H groups in total. The zero-order valence-electron chi connectivity index (χ0n) is 28.8. The first-order valence-corrected chi connectivity index (χ1v) is 18.6. The maximum Gasteiger partial charge on any atom is 0.453 e. The summed E-state index contributed by atoms with van der Waals surface area (Å²) in [6.07, 6.45) is -6.41. The van der Waals surface area contributed by atoms with Crippen molar-refractivity contribution in [2.75, 3.05) is 19.8 Å². The lowest BCUT2D eigenvalue weighted by Gasteiger charge is -2.61. The molecule has 0 aromatic heterocycles. The Balaban J connectivity index is 0.000000213. The largest absolute Gasteiger partial charge is 0.463 e. The molecule has 53 heavy (non-hydrogen) atoms. The van der Waals surface area contributed by atoms with Gasteiger partial charge in [-0.3, -0.25) is 9.59 Å². The van der Waals surface area contributed by atoms with Crippen molar-refractivity contribution in [3.8, 4) is 0 Å². The van der Waals surface area contributed by atoms with Gasteiger partial charge in [0, 0.05) is 18.8 Å². The van der Waals surface area contributed by atoms with Crippen LogP contribution in [0.1, 0.15) is 45.4 Å². The maximum absolute atomic E-state index is 13.2. The fourth-order valence-corrected chi connectivity index (χ4v) is 10.3. The minimum atomic E-state index is -5.87. The Morgan fingerprint density at radius 1 is 0.755 bits per heavy atom. The van der Waals surface area contributed by atoms with Crippen molar-refractivity contribution in [3.05, 3.63) is 91.0 Å². The number of hydrogen-bond donors (Lipinski definition) is 0. The number of alkyl halides is 7. The number of esters is 2. The van der Waals surface area contributed by atoms with Gasteiger partial charge >= 0.3 is 24.0 Å². The zero-order valence-corrected chi connectivity index (χ0v) is 29.7. The third-order valence-electron chi connectivity index (χ3n) is 10.2. The van der Waals surface area contributed by atoms with Gasteiger partial charge in [-0.1, -0.05) is 54.6 Å². The van der Waals surface area contributed by atoms with Crippen LogP contribution in [0.15, 0.2) is 106 Å². The molecule has 8 rings (SSSR count). The molecule has 0 amide bonds. The highest BCUT2D eigenvalue weighted by Gasteiger charge is 2.68. The van der Waals surface area contributed by atoms with Gasteiger partial charge in [0.2, 0.25) is 0 Å². The van der Waals surface area contributed by atoms with Crippen LogP contribution < -0.4 is 0 Å². The first kappa shape index (κ1) is 39.1. The van der Waals surface area contributed by atoms with Gasteiger partial charge < -0.3 is 18.9 Å². The lowest BCUT2D eigenvalue weighted by molar-refractivity contribution is -0.308. The molecular weight excluding hydrogens is 729 g/mol. The highest BCUT2D eigenvalue weighted by atomic mass is 32.2. The number of carbonyl (C=O) groups excluding carboxylic acids is 2. The van der Waals surface area contributed by atoms with E-state index in [0.29, 0.717) is 39.0 Å². The Morgan fingerprint density at radius 3 is 1.70 bits per heavy atom. The molecular formula is C39H40F7O6S+. The normalized spacial score (nSPS) is 27.7. The predicted molar refractivity (Wildman–Crippen MR) is 179 cm³/mol. The monoisotopic (exact) mass is 769 g/mol. The van der Waals surface area contributed by atoms with Crippen molar-refractivity contribution in [3.63, 3.8) is 0 Å². The Bertz CT molecular complexity index is 1590. The Hall–Kier alpha value is -3.62. The van der Waals surface area contributed by atoms with Crippen LogP contribution in [0, 0.1) is 23.2 Å². The van der Waals surface area contributed by atoms with Crippen LogP contribution in [0.4, 0.5) is 30.7 Å². The molecule has 286 valence electrons. The molecule has 3 unspecified atom stereocenters. The van der Waals surface area contributed by atoms with Gasteiger partial charge in [0.15, 0.2) is 27.1 Å². The van der Waals surface area contributed by atoms with Gasteiger partial charge in [-0.25, -0.2) is 8.78 Å². The average Bonchev–Trinajstić information content (AvgIpc) is 3.54. The van der Waals surface area contributed by atoms with Gasteiger partial charge in [0.1, 0.15) is 19.1 Å². The summed E-state index contributed by atoms with van der Waals surface area (Å²) < 4.78 is 111. The van der Waals surface area contributed by atoms with Gasteiger partial charge in [-0.05, 0) is 74.4 Å². The van der Waals surface area contributed by atoms with Gasteiger partial charge in [-0.15, -0.1) is 0 Å². The molecule has 14 heteroatoms. The number of benzene rings is 3. The summed E-state index contributed by atoms with van der Waals surface area (Å²) in [5.41, 5.74) is -0.909. The SMILES string of the molecule is CC(F)(F)COC(=O)C12CC3CC(C1)C1(OCC(COC(=O)CC(F)(F)C(F)(F)F)O1)C(C3)C2.c1ccc([S+](c2ccccc2)c2ccccc2)cc1. The third-order valence-corrected chi connectivity index (χ3v) is 12.4. The molecule has 1 heterocycles. The molecule has 5 aliphatic rings. The highest BCUT2D eigenvalue weighted by molar-refractivity contribution is 7.97. The van der Waals surface area contributed by atoms with E-state index in [1.165, 1.54) is 14.7 Å². The molecule has 4 aliphatic carbocycles. The molecule has 3 aromatic carbocycles. The second kappa shape index (κ2) is 15.3. The molecule has 6 nitrogen and oxygen atoms in total. The van der Waals surface area contributed by atoms with E-state index >= 15 is 0 Å². The standard InChI is InChI=1S/C21H25F7O6.C18H15S/c1-17(22,23)10-32-16(30)18-4-11-2-12(5-18)20(13(3-11)6-18)33-9-14(34-20)8-31-15(29)7-19(24,25)21(26,27)28;1-4-10-16(11-5-1)19(17-12-6-2-7-13-17)18-14-8-3-9-15-18/h11-14H,2-10H2,1H3;1-15H/q;+1. The van der Waals surface area contributed by atoms with Crippen LogP contribution in [0.5, 0.6) is 0 Å². The molecule has 4 saturated carbocycles. The number of carbonyl (C=O) groups is 2. The summed E-state index contributed by atoms with van der Waals surface area (Å²) in [7, 11) is -0.0146. The number of ether oxygens (including phenoxy) is 4. The fourth-order valence-electron chi connectivity index (χ4n) is 8.18. The Kier molecular flexibility index (Phi) is 11.2. The van der Waals surface area contributed by atoms with Gasteiger partial charge in [-0.2, -0.15) is 22.0 Å². The van der Waals surface area contributed by atoms with Gasteiger partial charge in [0.05, 0.1) is 22.9 Å². The van der Waals surface area contributed by atoms with Crippen molar-refractivity contribution < 1.29 is 59.3 Å². The quantitative estimate of drug-likeness (QED) is 0.117. The molecule has 4 bridgehead atoms. The topological polar surface area (TPSA) is 71.1 Å². The highest BCUT2D eigenvalue weighted by Crippen LogP contribution is 2.66. The average molecular weight is 770 g/mol. The zero-order chi connectivity index (χ0) is 38.1. The lowest BCUT2D eigenvalue weighted by Crippen LogP contribution is -2.63. The van der Waals surface area contributed by atoms with Crippen LogP contribution in [-0.4, -0.2) is 61.7 Å². The van der Waals surface area contributed by atoms with Gasteiger partial charge in [0.25, 0.3) is 5.92 Å². The number of hydrogen-bond acceptors (Lipinski definition) is 6. The molecule has 3 aromatic rings. The molecule has 5 fully saturated rings. The van der Waals surface area contributed by atoms with Crippen LogP contribution in [0.2, 0.25) is 0 Å². The lowest BCUT2D eigenvalue weighted by atomic mass is 9.47. The molecule has 3 atom stereocenters. The summed E-state index contributed by atoms with van der Waals surface area (Å²) in [5.74, 6) is -12.2. The fraction of sp³-hybridized carbons (Fsp3) is 0.487.